The zero-order valence-electron chi connectivity index (χ0n) is 11.8. The van der Waals surface area contributed by atoms with Gasteiger partial charge in [-0.05, 0) is 50.7 Å². The van der Waals surface area contributed by atoms with Crippen LogP contribution in [0.4, 0.5) is 5.82 Å². The van der Waals surface area contributed by atoms with E-state index in [-0.39, 0.29) is 5.91 Å². The molecule has 0 aliphatic heterocycles. The Kier molecular flexibility index (Phi) is 4.77. The third-order valence-electron chi connectivity index (χ3n) is 3.73. The van der Waals surface area contributed by atoms with Crippen molar-refractivity contribution < 1.29 is 4.79 Å². The molecule has 1 aromatic rings. The maximum absolute atomic E-state index is 12.2. The van der Waals surface area contributed by atoms with Gasteiger partial charge in [-0.25, -0.2) is 4.98 Å². The molecule has 1 aliphatic carbocycles. The average Bonchev–Trinajstić information content (AvgIpc) is 2.42. The van der Waals surface area contributed by atoms with Crippen LogP contribution in [0.3, 0.4) is 0 Å². The van der Waals surface area contributed by atoms with Crippen molar-refractivity contribution in [1.29, 1.82) is 0 Å². The third-order valence-corrected chi connectivity index (χ3v) is 3.73. The second-order valence-electron chi connectivity index (χ2n) is 5.39. The summed E-state index contributed by atoms with van der Waals surface area (Å²) in [6.07, 6.45) is 6.29. The van der Waals surface area contributed by atoms with Crippen molar-refractivity contribution >= 4 is 11.7 Å². The number of rotatable bonds is 4. The van der Waals surface area contributed by atoms with Crippen LogP contribution in [0.25, 0.3) is 0 Å². The Bertz CT molecular complexity index is 425. The molecule has 0 spiro atoms. The number of nitrogens with zero attached hydrogens (tertiary/aromatic N) is 1. The molecule has 1 aliphatic rings. The topological polar surface area (TPSA) is 54.0 Å². The van der Waals surface area contributed by atoms with Crippen molar-refractivity contribution in [2.45, 2.75) is 45.6 Å². The lowest BCUT2D eigenvalue weighted by Gasteiger charge is -2.26. The molecule has 1 aromatic heterocycles. The number of aromatic nitrogens is 1. The van der Waals surface area contributed by atoms with E-state index in [9.17, 15) is 4.79 Å². The van der Waals surface area contributed by atoms with Gasteiger partial charge in [0.2, 0.25) is 0 Å². The van der Waals surface area contributed by atoms with Crippen molar-refractivity contribution in [3.8, 4) is 0 Å². The fraction of sp³-hybridized carbons (Fsp3) is 0.600. The lowest BCUT2D eigenvalue weighted by Crippen LogP contribution is -2.37. The zero-order valence-corrected chi connectivity index (χ0v) is 11.8. The molecule has 1 saturated carbocycles. The molecule has 1 amide bonds. The summed E-state index contributed by atoms with van der Waals surface area (Å²) in [7, 11) is 0. The molecule has 2 N–H and O–H groups in total. The number of amides is 1. The number of anilines is 1. The second kappa shape index (κ2) is 6.55. The quantitative estimate of drug-likeness (QED) is 0.876. The molecule has 4 heteroatoms. The predicted molar refractivity (Wildman–Crippen MR) is 77.3 cm³/mol. The van der Waals surface area contributed by atoms with Gasteiger partial charge in [-0.2, -0.15) is 0 Å². The highest BCUT2D eigenvalue weighted by Crippen LogP contribution is 2.23. The lowest BCUT2D eigenvalue weighted by molar-refractivity contribution is 0.0923. The molecular weight excluding hydrogens is 238 g/mol. The van der Waals surface area contributed by atoms with Gasteiger partial charge in [0, 0.05) is 24.3 Å². The molecule has 0 unspecified atom stereocenters. The molecular formula is C15H23N3O. The summed E-state index contributed by atoms with van der Waals surface area (Å²) < 4.78 is 0. The van der Waals surface area contributed by atoms with E-state index in [1.165, 1.54) is 12.8 Å². The van der Waals surface area contributed by atoms with Gasteiger partial charge in [-0.1, -0.05) is 6.92 Å². The van der Waals surface area contributed by atoms with Gasteiger partial charge >= 0.3 is 0 Å². The first-order valence-corrected chi connectivity index (χ1v) is 7.19. The summed E-state index contributed by atoms with van der Waals surface area (Å²) in [5.41, 5.74) is 0.685. The highest BCUT2D eigenvalue weighted by atomic mass is 16.1. The van der Waals surface area contributed by atoms with Crippen molar-refractivity contribution in [2.75, 3.05) is 11.9 Å². The number of nitrogens with one attached hydrogen (secondary N) is 2. The number of hydrogen-bond acceptors (Lipinski definition) is 3. The number of pyridine rings is 1. The van der Waals surface area contributed by atoms with Crippen molar-refractivity contribution in [3.63, 3.8) is 0 Å². The SMILES string of the molecule is CCNc1cc(C(=O)NC2CCC(C)CC2)ccn1. The Morgan fingerprint density at radius 1 is 1.37 bits per heavy atom. The maximum atomic E-state index is 12.2. The Balaban J connectivity index is 1.94. The fourth-order valence-corrected chi connectivity index (χ4v) is 2.52. The van der Waals surface area contributed by atoms with Crippen LogP contribution < -0.4 is 10.6 Å². The standard InChI is InChI=1S/C15H23N3O/c1-3-16-14-10-12(8-9-17-14)15(19)18-13-6-4-11(2)5-7-13/h8-11,13H,3-7H2,1-2H3,(H,16,17)(H,18,19). The molecule has 1 fully saturated rings. The van der Waals surface area contributed by atoms with Crippen molar-refractivity contribution in [1.82, 2.24) is 10.3 Å². The first kappa shape index (κ1) is 13.8. The summed E-state index contributed by atoms with van der Waals surface area (Å²) in [6, 6.07) is 3.91. The van der Waals surface area contributed by atoms with Gasteiger partial charge in [-0.3, -0.25) is 4.79 Å². The summed E-state index contributed by atoms with van der Waals surface area (Å²) in [5.74, 6) is 1.57. The molecule has 0 aromatic carbocycles. The van der Waals surface area contributed by atoms with Crippen LogP contribution in [0.1, 0.15) is 49.9 Å². The van der Waals surface area contributed by atoms with E-state index in [4.69, 9.17) is 0 Å². The first-order chi connectivity index (χ1) is 9.19. The maximum Gasteiger partial charge on any atom is 0.251 e. The van der Waals surface area contributed by atoms with Crippen LogP contribution in [-0.4, -0.2) is 23.5 Å². The van der Waals surface area contributed by atoms with E-state index >= 15 is 0 Å². The fourth-order valence-electron chi connectivity index (χ4n) is 2.52. The van der Waals surface area contributed by atoms with E-state index in [0.717, 1.165) is 31.1 Å². The van der Waals surface area contributed by atoms with E-state index in [1.807, 2.05) is 13.0 Å². The Morgan fingerprint density at radius 2 is 2.11 bits per heavy atom. The van der Waals surface area contributed by atoms with Gasteiger partial charge in [0.1, 0.15) is 5.82 Å². The predicted octanol–water partition coefficient (Wildman–Crippen LogP) is 2.82. The van der Waals surface area contributed by atoms with Gasteiger partial charge in [0.15, 0.2) is 0 Å². The Morgan fingerprint density at radius 3 is 2.79 bits per heavy atom. The number of carbonyl (C=O) groups is 1. The number of carbonyl (C=O) groups excluding carboxylic acids is 1. The minimum absolute atomic E-state index is 0.0149. The zero-order chi connectivity index (χ0) is 13.7. The summed E-state index contributed by atoms with van der Waals surface area (Å²) in [4.78, 5) is 16.4. The van der Waals surface area contributed by atoms with Crippen LogP contribution in [0.5, 0.6) is 0 Å². The highest BCUT2D eigenvalue weighted by Gasteiger charge is 2.20. The highest BCUT2D eigenvalue weighted by molar-refractivity contribution is 5.94. The molecule has 2 rings (SSSR count). The smallest absolute Gasteiger partial charge is 0.251 e. The van der Waals surface area contributed by atoms with E-state index in [0.29, 0.717) is 11.6 Å². The molecule has 4 nitrogen and oxygen atoms in total. The van der Waals surface area contributed by atoms with Gasteiger partial charge in [0.05, 0.1) is 0 Å². The molecule has 0 saturated heterocycles. The molecule has 0 atom stereocenters. The van der Waals surface area contributed by atoms with Crippen LogP contribution in [0.2, 0.25) is 0 Å². The normalized spacial score (nSPS) is 22.8. The molecule has 0 radical (unpaired) electrons. The van der Waals surface area contributed by atoms with Crippen molar-refractivity contribution in [3.05, 3.63) is 23.9 Å². The minimum atomic E-state index is 0.0149. The van der Waals surface area contributed by atoms with Crippen LogP contribution >= 0.6 is 0 Å². The monoisotopic (exact) mass is 261 g/mol. The largest absolute Gasteiger partial charge is 0.370 e. The Labute approximate surface area is 115 Å². The van der Waals surface area contributed by atoms with Gasteiger partial charge in [0.25, 0.3) is 5.91 Å². The van der Waals surface area contributed by atoms with Gasteiger partial charge in [-0.15, -0.1) is 0 Å². The molecule has 19 heavy (non-hydrogen) atoms. The summed E-state index contributed by atoms with van der Waals surface area (Å²) in [6.45, 7) is 5.10. The molecule has 0 bridgehead atoms. The minimum Gasteiger partial charge on any atom is -0.370 e. The molecule has 1 heterocycles. The first-order valence-electron chi connectivity index (χ1n) is 7.19. The van der Waals surface area contributed by atoms with Crippen molar-refractivity contribution in [2.24, 2.45) is 5.92 Å². The average molecular weight is 261 g/mol. The molecule has 104 valence electrons. The van der Waals surface area contributed by atoms with E-state index < -0.39 is 0 Å². The Hall–Kier alpha value is -1.58. The summed E-state index contributed by atoms with van der Waals surface area (Å²) >= 11 is 0. The van der Waals surface area contributed by atoms with E-state index in [2.05, 4.69) is 22.5 Å². The lowest BCUT2D eigenvalue weighted by atomic mass is 9.87. The van der Waals surface area contributed by atoms with E-state index in [1.54, 1.807) is 12.3 Å². The van der Waals surface area contributed by atoms with Crippen LogP contribution in [-0.2, 0) is 0 Å². The van der Waals surface area contributed by atoms with Crippen LogP contribution in [0, 0.1) is 5.92 Å². The van der Waals surface area contributed by atoms with Gasteiger partial charge < -0.3 is 10.6 Å². The number of hydrogen-bond donors (Lipinski definition) is 2. The van der Waals surface area contributed by atoms with Crippen LogP contribution in [0.15, 0.2) is 18.3 Å². The second-order valence-corrected chi connectivity index (χ2v) is 5.39. The third kappa shape index (κ3) is 3.94. The summed E-state index contributed by atoms with van der Waals surface area (Å²) in [5, 5.41) is 6.25.